The molecule has 2 aromatic rings. The third-order valence-corrected chi connectivity index (χ3v) is 7.38. The lowest BCUT2D eigenvalue weighted by Gasteiger charge is -2.32. The number of carbonyl (C=O) groups excluding carboxylic acids is 2. The van der Waals surface area contributed by atoms with Crippen LogP contribution in [-0.4, -0.2) is 84.3 Å². The highest BCUT2D eigenvalue weighted by Gasteiger charge is 2.27. The Hall–Kier alpha value is -2.87. The number of nitriles is 1. The number of amides is 2. The van der Waals surface area contributed by atoms with Gasteiger partial charge in [0.2, 0.25) is 5.91 Å². The fraction of sp³-hybridized carbons (Fsp3) is 0.464. The summed E-state index contributed by atoms with van der Waals surface area (Å²) in [6, 6.07) is 15.8. The van der Waals surface area contributed by atoms with E-state index >= 15 is 0 Å². The normalized spacial score (nSPS) is 16.4. The average Bonchev–Trinajstić information content (AvgIpc) is 3.54. The van der Waals surface area contributed by atoms with Gasteiger partial charge in [-0.2, -0.15) is 5.26 Å². The predicted octanol–water partition coefficient (Wildman–Crippen LogP) is 2.48. The number of anilines is 1. The molecule has 1 atom stereocenters. The lowest BCUT2D eigenvalue weighted by atomic mass is 10.1. The van der Waals surface area contributed by atoms with E-state index in [1.807, 2.05) is 30.1 Å². The molecule has 0 bridgehead atoms. The van der Waals surface area contributed by atoms with E-state index in [4.69, 9.17) is 0 Å². The zero-order chi connectivity index (χ0) is 26.4. The van der Waals surface area contributed by atoms with Crippen molar-refractivity contribution < 1.29 is 14.7 Å². The van der Waals surface area contributed by atoms with Gasteiger partial charge in [0.05, 0.1) is 31.3 Å². The van der Waals surface area contributed by atoms with Crippen molar-refractivity contribution in [3.63, 3.8) is 0 Å². The number of aliphatic hydroxyl groups excluding tert-OH is 1. The molecular formula is C28H38Cl2N6O3. The Morgan fingerprint density at radius 2 is 1.82 bits per heavy atom. The Morgan fingerprint density at radius 3 is 2.46 bits per heavy atom. The SMILES string of the molecule is Cc1ccc(C#N)cc1N(CC(=O)NCCN1CCC[C@@H]1CO)CC(=O)N(C)N1Cc2ccccc2C1.Cl.Cl. The molecule has 9 nitrogen and oxygen atoms in total. The zero-order valence-electron chi connectivity index (χ0n) is 22.5. The van der Waals surface area contributed by atoms with Crippen molar-refractivity contribution in [1.29, 1.82) is 5.26 Å². The number of benzene rings is 2. The molecule has 0 spiro atoms. The van der Waals surface area contributed by atoms with E-state index in [-0.39, 0.29) is 62.4 Å². The number of likely N-dealkylation sites (N-methyl/N-ethyl adjacent to an activating group) is 1. The summed E-state index contributed by atoms with van der Waals surface area (Å²) in [4.78, 5) is 30.3. The van der Waals surface area contributed by atoms with Gasteiger partial charge in [-0.15, -0.1) is 24.8 Å². The molecule has 0 aliphatic carbocycles. The first-order valence-corrected chi connectivity index (χ1v) is 12.8. The van der Waals surface area contributed by atoms with Crippen LogP contribution in [0.3, 0.4) is 0 Å². The lowest BCUT2D eigenvalue weighted by Crippen LogP contribution is -2.48. The van der Waals surface area contributed by atoms with Crippen LogP contribution in [0.2, 0.25) is 0 Å². The second-order valence-corrected chi connectivity index (χ2v) is 9.84. The minimum atomic E-state index is -0.189. The van der Waals surface area contributed by atoms with Crippen molar-refractivity contribution in [2.75, 3.05) is 51.3 Å². The minimum Gasteiger partial charge on any atom is -0.395 e. The molecule has 2 heterocycles. The van der Waals surface area contributed by atoms with Gasteiger partial charge in [0.25, 0.3) is 5.91 Å². The summed E-state index contributed by atoms with van der Waals surface area (Å²) in [5.41, 5.74) is 4.47. The van der Waals surface area contributed by atoms with E-state index in [1.165, 1.54) is 11.1 Å². The molecule has 212 valence electrons. The summed E-state index contributed by atoms with van der Waals surface area (Å²) in [6.07, 6.45) is 2.03. The van der Waals surface area contributed by atoms with E-state index in [1.54, 1.807) is 29.1 Å². The summed E-state index contributed by atoms with van der Waals surface area (Å²) in [5.74, 6) is -0.323. The number of carbonyl (C=O) groups is 2. The Kier molecular flexibility index (Phi) is 12.5. The molecule has 0 unspecified atom stereocenters. The average molecular weight is 578 g/mol. The van der Waals surface area contributed by atoms with E-state index < -0.39 is 0 Å². The van der Waals surface area contributed by atoms with Gasteiger partial charge >= 0.3 is 0 Å². The van der Waals surface area contributed by atoms with Crippen molar-refractivity contribution in [3.05, 3.63) is 64.7 Å². The Morgan fingerprint density at radius 1 is 1.13 bits per heavy atom. The quantitative estimate of drug-likeness (QED) is 0.448. The van der Waals surface area contributed by atoms with Gasteiger partial charge in [-0.1, -0.05) is 30.3 Å². The standard InChI is InChI=1S/C28H36N6O3.2ClH/c1-21-9-10-22(15-29)14-26(21)33(18-27(36)30-11-13-32-12-5-8-25(32)20-35)19-28(37)31(2)34-16-23-6-3-4-7-24(23)17-34;;/h3-4,6-7,9-10,14,25,35H,5,8,11-13,16-20H2,1-2H3,(H,30,36);2*1H/t25-;;/m1../s1. The second kappa shape index (κ2) is 15.1. The largest absolute Gasteiger partial charge is 0.395 e. The molecule has 0 radical (unpaired) electrons. The first-order valence-electron chi connectivity index (χ1n) is 12.8. The number of hydrazine groups is 1. The molecule has 1 saturated heterocycles. The molecule has 39 heavy (non-hydrogen) atoms. The van der Waals surface area contributed by atoms with Gasteiger partial charge in [-0.25, -0.2) is 5.01 Å². The lowest BCUT2D eigenvalue weighted by molar-refractivity contribution is -0.145. The molecule has 4 rings (SSSR count). The summed E-state index contributed by atoms with van der Waals surface area (Å²) in [6.45, 7) is 5.44. The van der Waals surface area contributed by atoms with Crippen LogP contribution in [0, 0.1) is 18.3 Å². The van der Waals surface area contributed by atoms with Crippen LogP contribution in [0.4, 0.5) is 5.69 Å². The molecule has 1 fully saturated rings. The summed E-state index contributed by atoms with van der Waals surface area (Å²) < 4.78 is 0. The molecule has 2 N–H and O–H groups in total. The third kappa shape index (κ3) is 8.07. The Labute approximate surface area is 243 Å². The smallest absolute Gasteiger partial charge is 0.256 e. The molecule has 2 aliphatic rings. The molecule has 2 aromatic carbocycles. The Balaban J connectivity index is 0.00000267. The van der Waals surface area contributed by atoms with Crippen LogP contribution < -0.4 is 10.2 Å². The first-order chi connectivity index (χ1) is 17.9. The summed E-state index contributed by atoms with van der Waals surface area (Å²) >= 11 is 0. The Bertz CT molecular complexity index is 1150. The maximum atomic E-state index is 13.4. The number of nitrogens with one attached hydrogen (secondary N) is 1. The van der Waals surface area contributed by atoms with E-state index in [0.717, 1.165) is 24.9 Å². The number of hydrogen-bond donors (Lipinski definition) is 2. The van der Waals surface area contributed by atoms with Crippen LogP contribution in [0.25, 0.3) is 0 Å². The summed E-state index contributed by atoms with van der Waals surface area (Å²) in [7, 11) is 1.76. The van der Waals surface area contributed by atoms with Gasteiger partial charge in [0.1, 0.15) is 0 Å². The van der Waals surface area contributed by atoms with Crippen LogP contribution in [-0.2, 0) is 22.7 Å². The van der Waals surface area contributed by atoms with Crippen LogP contribution >= 0.6 is 24.8 Å². The highest BCUT2D eigenvalue weighted by molar-refractivity contribution is 5.87. The fourth-order valence-corrected chi connectivity index (χ4v) is 5.16. The number of hydrogen-bond acceptors (Lipinski definition) is 7. The van der Waals surface area contributed by atoms with Crippen LogP contribution in [0.1, 0.15) is 35.1 Å². The van der Waals surface area contributed by atoms with Gasteiger partial charge in [-0.3, -0.25) is 19.5 Å². The van der Waals surface area contributed by atoms with Gasteiger partial charge in [0, 0.05) is 45.0 Å². The van der Waals surface area contributed by atoms with Gasteiger partial charge < -0.3 is 15.3 Å². The predicted molar refractivity (Wildman–Crippen MR) is 156 cm³/mol. The van der Waals surface area contributed by atoms with Crippen LogP contribution in [0.5, 0.6) is 0 Å². The molecule has 0 saturated carbocycles. The van der Waals surface area contributed by atoms with Crippen molar-refractivity contribution in [1.82, 2.24) is 20.2 Å². The fourth-order valence-electron chi connectivity index (χ4n) is 5.16. The van der Waals surface area contributed by atoms with Gasteiger partial charge in [0.15, 0.2) is 0 Å². The number of likely N-dealkylation sites (tertiary alicyclic amines) is 1. The monoisotopic (exact) mass is 576 g/mol. The molecule has 11 heteroatoms. The highest BCUT2D eigenvalue weighted by Crippen LogP contribution is 2.25. The van der Waals surface area contributed by atoms with Crippen LogP contribution in [0.15, 0.2) is 42.5 Å². The topological polar surface area (TPSA) is 103 Å². The summed E-state index contributed by atoms with van der Waals surface area (Å²) in [5, 5.41) is 25.5. The number of fused-ring (bicyclic) bond motifs is 1. The molecule has 0 aromatic heterocycles. The maximum Gasteiger partial charge on any atom is 0.256 e. The van der Waals surface area contributed by atoms with E-state index in [9.17, 15) is 20.0 Å². The van der Waals surface area contributed by atoms with Crippen molar-refractivity contribution in [2.24, 2.45) is 0 Å². The molecule has 2 amide bonds. The highest BCUT2D eigenvalue weighted by atomic mass is 35.5. The first kappa shape index (κ1) is 32.3. The molecular weight excluding hydrogens is 539 g/mol. The van der Waals surface area contributed by atoms with E-state index in [2.05, 4.69) is 28.4 Å². The number of halogens is 2. The number of nitrogens with zero attached hydrogens (tertiary/aromatic N) is 5. The number of rotatable bonds is 10. The van der Waals surface area contributed by atoms with E-state index in [0.29, 0.717) is 37.4 Å². The number of aliphatic hydroxyl groups is 1. The third-order valence-electron chi connectivity index (χ3n) is 7.38. The minimum absolute atomic E-state index is 0. The van der Waals surface area contributed by atoms with Crippen molar-refractivity contribution in [3.8, 4) is 6.07 Å². The van der Waals surface area contributed by atoms with Gasteiger partial charge in [-0.05, 0) is 55.1 Å². The second-order valence-electron chi connectivity index (χ2n) is 9.84. The molecule has 2 aliphatic heterocycles. The maximum absolute atomic E-state index is 13.4. The number of aryl methyl sites for hydroxylation is 1. The zero-order valence-corrected chi connectivity index (χ0v) is 24.1. The van der Waals surface area contributed by atoms with Crippen molar-refractivity contribution >= 4 is 42.3 Å². The van der Waals surface area contributed by atoms with Crippen molar-refractivity contribution in [2.45, 2.75) is 38.9 Å².